The maximum absolute atomic E-state index is 12.5. The molecule has 0 spiro atoms. The van der Waals surface area contributed by atoms with Crippen LogP contribution in [-0.2, 0) is 19.1 Å². The number of ether oxygens (including phenoxy) is 3. The Morgan fingerprint density at radius 1 is 1.03 bits per heavy atom. The van der Waals surface area contributed by atoms with Crippen LogP contribution in [0.2, 0.25) is 0 Å². The summed E-state index contributed by atoms with van der Waals surface area (Å²) in [7, 11) is 1.54. The second kappa shape index (κ2) is 12.4. The van der Waals surface area contributed by atoms with Crippen molar-refractivity contribution < 1.29 is 32.6 Å². The zero-order valence-electron chi connectivity index (χ0n) is 17.2. The van der Waals surface area contributed by atoms with Gasteiger partial charge in [0.1, 0.15) is 12.4 Å². The van der Waals surface area contributed by atoms with Crippen LogP contribution in [0.15, 0.2) is 48.5 Å². The molecule has 0 aliphatic carbocycles. The highest BCUT2D eigenvalue weighted by molar-refractivity contribution is 6.03. The Bertz CT molecular complexity index is 919. The highest BCUT2D eigenvalue weighted by Crippen LogP contribution is 2.24. The molecular weight excluding hydrogens is 410 g/mol. The van der Waals surface area contributed by atoms with Gasteiger partial charge in [0, 0.05) is 30.1 Å². The molecule has 0 aromatic heterocycles. The van der Waals surface area contributed by atoms with Gasteiger partial charge in [-0.2, -0.15) is 8.78 Å². The van der Waals surface area contributed by atoms with E-state index in [9.17, 15) is 18.4 Å². The van der Waals surface area contributed by atoms with Gasteiger partial charge in [-0.1, -0.05) is 24.3 Å². The normalized spacial score (nSPS) is 11.0. The van der Waals surface area contributed by atoms with E-state index >= 15 is 0 Å². The third-order valence-electron chi connectivity index (χ3n) is 4.08. The summed E-state index contributed by atoms with van der Waals surface area (Å²) in [5.41, 5.74) is 2.00. The van der Waals surface area contributed by atoms with E-state index in [2.05, 4.69) is 15.4 Å². The number of anilines is 2. The lowest BCUT2D eigenvalue weighted by Gasteiger charge is -2.13. The SMILES string of the molecule is COCCOCC(=O)Nc1cccc(NC(=O)/C=C/c2ccccc2OC(F)F)c1C. The molecule has 0 fully saturated rings. The molecular formula is C22H24F2N2O5. The molecule has 2 rings (SSSR count). The van der Waals surface area contributed by atoms with Crippen molar-refractivity contribution in [3.63, 3.8) is 0 Å². The number of methoxy groups -OCH3 is 1. The summed E-state index contributed by atoms with van der Waals surface area (Å²) in [6.45, 7) is -0.652. The Kier molecular flexibility index (Phi) is 9.60. The van der Waals surface area contributed by atoms with Gasteiger partial charge >= 0.3 is 6.61 Å². The van der Waals surface area contributed by atoms with Gasteiger partial charge in [0.05, 0.1) is 13.2 Å². The number of halogens is 2. The summed E-state index contributed by atoms with van der Waals surface area (Å²) in [5, 5.41) is 5.42. The minimum atomic E-state index is -2.96. The first-order valence-corrected chi connectivity index (χ1v) is 9.39. The Morgan fingerprint density at radius 3 is 2.45 bits per heavy atom. The fraction of sp³-hybridized carbons (Fsp3) is 0.273. The van der Waals surface area contributed by atoms with Crippen LogP contribution in [0.3, 0.4) is 0 Å². The quantitative estimate of drug-likeness (QED) is 0.415. The average Bonchev–Trinajstić information content (AvgIpc) is 2.73. The fourth-order valence-electron chi connectivity index (χ4n) is 2.56. The average molecular weight is 434 g/mol. The van der Waals surface area contributed by atoms with Gasteiger partial charge in [0.25, 0.3) is 0 Å². The van der Waals surface area contributed by atoms with E-state index < -0.39 is 12.5 Å². The van der Waals surface area contributed by atoms with Crippen molar-refractivity contribution in [3.8, 4) is 5.75 Å². The van der Waals surface area contributed by atoms with Crippen LogP contribution in [0.1, 0.15) is 11.1 Å². The Balaban J connectivity index is 2.00. The number of hydrogen-bond acceptors (Lipinski definition) is 5. The molecule has 2 aromatic carbocycles. The van der Waals surface area contributed by atoms with Crippen molar-refractivity contribution in [3.05, 3.63) is 59.7 Å². The lowest BCUT2D eigenvalue weighted by molar-refractivity contribution is -0.121. The van der Waals surface area contributed by atoms with Gasteiger partial charge in [-0.3, -0.25) is 9.59 Å². The molecule has 0 radical (unpaired) electrons. The summed E-state index contributed by atoms with van der Waals surface area (Å²) in [4.78, 5) is 24.3. The molecule has 0 unspecified atom stereocenters. The van der Waals surface area contributed by atoms with Gasteiger partial charge < -0.3 is 24.8 Å². The van der Waals surface area contributed by atoms with Crippen molar-refractivity contribution in [1.82, 2.24) is 0 Å². The molecule has 2 aromatic rings. The third kappa shape index (κ3) is 8.15. The molecule has 2 N–H and O–H groups in total. The van der Waals surface area contributed by atoms with Crippen molar-refractivity contribution in [2.45, 2.75) is 13.5 Å². The lowest BCUT2D eigenvalue weighted by atomic mass is 10.1. The Morgan fingerprint density at radius 2 is 1.74 bits per heavy atom. The molecule has 0 aliphatic heterocycles. The van der Waals surface area contributed by atoms with E-state index in [4.69, 9.17) is 9.47 Å². The first-order valence-electron chi connectivity index (χ1n) is 9.39. The van der Waals surface area contributed by atoms with E-state index in [1.807, 2.05) is 0 Å². The first kappa shape index (κ1) is 24.0. The summed E-state index contributed by atoms with van der Waals surface area (Å²) in [6, 6.07) is 11.2. The van der Waals surface area contributed by atoms with Gasteiger partial charge in [0.2, 0.25) is 11.8 Å². The third-order valence-corrected chi connectivity index (χ3v) is 4.08. The van der Waals surface area contributed by atoms with Gasteiger partial charge in [-0.05, 0) is 36.8 Å². The summed E-state index contributed by atoms with van der Waals surface area (Å²) in [5.74, 6) is -0.838. The number of para-hydroxylation sites is 1. The standard InChI is InChI=1S/C22H24F2N2O5/c1-15-17(7-5-8-18(15)26-21(28)14-30-13-12-29-2)25-20(27)11-10-16-6-3-4-9-19(16)31-22(23)24/h3-11,22H,12-14H2,1-2H3,(H,25,27)(H,26,28)/b11-10+. The fourth-order valence-corrected chi connectivity index (χ4v) is 2.56. The molecule has 0 saturated heterocycles. The molecule has 31 heavy (non-hydrogen) atoms. The van der Waals surface area contributed by atoms with E-state index in [1.54, 1.807) is 43.3 Å². The van der Waals surface area contributed by atoms with Gasteiger partial charge in [-0.15, -0.1) is 0 Å². The number of hydrogen-bond donors (Lipinski definition) is 2. The van der Waals surface area contributed by atoms with E-state index in [-0.39, 0.29) is 18.3 Å². The zero-order valence-corrected chi connectivity index (χ0v) is 17.2. The molecule has 0 heterocycles. The summed E-state index contributed by atoms with van der Waals surface area (Å²) in [6.07, 6.45) is 2.59. The Labute approximate surface area is 179 Å². The van der Waals surface area contributed by atoms with Gasteiger partial charge in [0.15, 0.2) is 0 Å². The van der Waals surface area contributed by atoms with Crippen LogP contribution < -0.4 is 15.4 Å². The van der Waals surface area contributed by atoms with Crippen LogP contribution in [0, 0.1) is 6.92 Å². The molecule has 9 heteroatoms. The maximum atomic E-state index is 12.5. The number of nitrogens with one attached hydrogen (secondary N) is 2. The second-order valence-electron chi connectivity index (χ2n) is 6.31. The topological polar surface area (TPSA) is 85.9 Å². The van der Waals surface area contributed by atoms with E-state index in [0.717, 1.165) is 0 Å². The smallest absolute Gasteiger partial charge is 0.387 e. The Hall–Kier alpha value is -3.30. The predicted octanol–water partition coefficient (Wildman–Crippen LogP) is 3.85. The number of carbonyl (C=O) groups excluding carboxylic acids is 2. The minimum absolute atomic E-state index is 0.0323. The zero-order chi connectivity index (χ0) is 22.6. The first-order chi connectivity index (χ1) is 14.9. The highest BCUT2D eigenvalue weighted by atomic mass is 19.3. The number of rotatable bonds is 11. The largest absolute Gasteiger partial charge is 0.434 e. The van der Waals surface area contributed by atoms with Crippen molar-refractivity contribution >= 4 is 29.3 Å². The number of amides is 2. The number of alkyl halides is 2. The monoisotopic (exact) mass is 434 g/mol. The van der Waals surface area contributed by atoms with Crippen molar-refractivity contribution in [2.75, 3.05) is 37.6 Å². The van der Waals surface area contributed by atoms with Crippen LogP contribution in [0.25, 0.3) is 6.08 Å². The van der Waals surface area contributed by atoms with Crippen molar-refractivity contribution in [2.24, 2.45) is 0 Å². The molecule has 0 saturated carbocycles. The second-order valence-corrected chi connectivity index (χ2v) is 6.31. The predicted molar refractivity (Wildman–Crippen MR) is 113 cm³/mol. The molecule has 166 valence electrons. The molecule has 0 bridgehead atoms. The van der Waals surface area contributed by atoms with Crippen molar-refractivity contribution in [1.29, 1.82) is 0 Å². The molecule has 2 amide bonds. The molecule has 0 atom stereocenters. The molecule has 7 nitrogen and oxygen atoms in total. The lowest BCUT2D eigenvalue weighted by Crippen LogP contribution is -2.20. The number of benzene rings is 2. The van der Waals surface area contributed by atoms with Crippen LogP contribution in [-0.4, -0.2) is 45.4 Å². The summed E-state index contributed by atoms with van der Waals surface area (Å²) >= 11 is 0. The van der Waals surface area contributed by atoms with Crippen LogP contribution in [0.4, 0.5) is 20.2 Å². The van der Waals surface area contributed by atoms with Crippen LogP contribution >= 0.6 is 0 Å². The van der Waals surface area contributed by atoms with E-state index in [1.165, 1.54) is 25.3 Å². The molecule has 0 aliphatic rings. The van der Waals surface area contributed by atoms with E-state index in [0.29, 0.717) is 35.7 Å². The maximum Gasteiger partial charge on any atom is 0.387 e. The van der Waals surface area contributed by atoms with Gasteiger partial charge in [-0.25, -0.2) is 0 Å². The minimum Gasteiger partial charge on any atom is -0.434 e. The highest BCUT2D eigenvalue weighted by Gasteiger charge is 2.10. The summed E-state index contributed by atoms with van der Waals surface area (Å²) < 4.78 is 39.4. The van der Waals surface area contributed by atoms with Crippen LogP contribution in [0.5, 0.6) is 5.75 Å². The number of carbonyl (C=O) groups is 2.